The van der Waals surface area contributed by atoms with E-state index < -0.39 is 0 Å². The van der Waals surface area contributed by atoms with Crippen LogP contribution >= 0.6 is 11.8 Å². The molecule has 4 heteroatoms. The Hall–Kier alpha value is 0.230. The van der Waals surface area contributed by atoms with Crippen molar-refractivity contribution in [3.8, 4) is 0 Å². The SMILES string of the molecule is CCCC(N)C(CO)SCC(C)CO. The van der Waals surface area contributed by atoms with Gasteiger partial charge in [0.15, 0.2) is 0 Å². The second-order valence-corrected chi connectivity index (χ2v) is 5.07. The van der Waals surface area contributed by atoms with Gasteiger partial charge in [-0.25, -0.2) is 0 Å². The van der Waals surface area contributed by atoms with E-state index in [2.05, 4.69) is 6.92 Å². The van der Waals surface area contributed by atoms with Crippen molar-refractivity contribution in [2.45, 2.75) is 38.0 Å². The molecule has 0 fully saturated rings. The van der Waals surface area contributed by atoms with Crippen molar-refractivity contribution in [3.05, 3.63) is 0 Å². The largest absolute Gasteiger partial charge is 0.396 e. The lowest BCUT2D eigenvalue weighted by Crippen LogP contribution is -2.35. The first kappa shape index (κ1) is 14.2. The van der Waals surface area contributed by atoms with Crippen molar-refractivity contribution in [2.75, 3.05) is 19.0 Å². The molecule has 3 nitrogen and oxygen atoms in total. The molecule has 3 unspecified atom stereocenters. The zero-order valence-corrected chi connectivity index (χ0v) is 9.96. The van der Waals surface area contributed by atoms with Gasteiger partial charge in [0.05, 0.1) is 6.61 Å². The van der Waals surface area contributed by atoms with Crippen LogP contribution in [0, 0.1) is 5.92 Å². The molecule has 0 aromatic carbocycles. The second-order valence-electron chi connectivity index (χ2n) is 3.79. The molecule has 0 rings (SSSR count). The first-order chi connectivity index (χ1) is 6.65. The highest BCUT2D eigenvalue weighted by Crippen LogP contribution is 2.19. The van der Waals surface area contributed by atoms with E-state index in [0.29, 0.717) is 0 Å². The van der Waals surface area contributed by atoms with Gasteiger partial charge in [-0.15, -0.1) is 0 Å². The Balaban J connectivity index is 3.77. The molecule has 0 heterocycles. The third-order valence-corrected chi connectivity index (χ3v) is 3.87. The summed E-state index contributed by atoms with van der Waals surface area (Å²) in [6.45, 7) is 4.42. The zero-order valence-electron chi connectivity index (χ0n) is 9.15. The highest BCUT2D eigenvalue weighted by Gasteiger charge is 2.17. The van der Waals surface area contributed by atoms with Crippen LogP contribution < -0.4 is 5.73 Å². The molecule has 0 aliphatic rings. The Labute approximate surface area is 91.1 Å². The van der Waals surface area contributed by atoms with Crippen molar-refractivity contribution in [1.29, 1.82) is 0 Å². The highest BCUT2D eigenvalue weighted by molar-refractivity contribution is 8.00. The van der Waals surface area contributed by atoms with Crippen LogP contribution in [0.3, 0.4) is 0 Å². The molecule has 0 amide bonds. The maximum atomic E-state index is 9.15. The molecule has 0 aromatic heterocycles. The number of hydrogen-bond acceptors (Lipinski definition) is 4. The van der Waals surface area contributed by atoms with Gasteiger partial charge in [-0.2, -0.15) is 11.8 Å². The van der Waals surface area contributed by atoms with Crippen molar-refractivity contribution >= 4 is 11.8 Å². The van der Waals surface area contributed by atoms with E-state index in [-0.39, 0.29) is 30.4 Å². The van der Waals surface area contributed by atoms with Gasteiger partial charge in [-0.3, -0.25) is 0 Å². The normalized spacial score (nSPS) is 17.8. The van der Waals surface area contributed by atoms with Gasteiger partial charge < -0.3 is 15.9 Å². The predicted octanol–water partition coefficient (Wildman–Crippen LogP) is 0.836. The molecule has 0 aliphatic carbocycles. The summed E-state index contributed by atoms with van der Waals surface area (Å²) in [6.07, 6.45) is 2.00. The minimum Gasteiger partial charge on any atom is -0.396 e. The zero-order chi connectivity index (χ0) is 11.0. The van der Waals surface area contributed by atoms with Crippen LogP contribution in [0.25, 0.3) is 0 Å². The van der Waals surface area contributed by atoms with Crippen LogP contribution in [0.2, 0.25) is 0 Å². The van der Waals surface area contributed by atoms with Crippen LogP contribution in [0.15, 0.2) is 0 Å². The van der Waals surface area contributed by atoms with E-state index in [4.69, 9.17) is 15.9 Å². The Morgan fingerprint density at radius 3 is 2.36 bits per heavy atom. The van der Waals surface area contributed by atoms with Crippen molar-refractivity contribution < 1.29 is 10.2 Å². The quantitative estimate of drug-likeness (QED) is 0.568. The van der Waals surface area contributed by atoms with Gasteiger partial charge >= 0.3 is 0 Å². The fourth-order valence-electron chi connectivity index (χ4n) is 1.17. The molecular formula is C10H23NO2S. The number of thioether (sulfide) groups is 1. The minimum absolute atomic E-state index is 0.0703. The molecule has 0 aromatic rings. The van der Waals surface area contributed by atoms with Crippen LogP contribution in [-0.2, 0) is 0 Å². The van der Waals surface area contributed by atoms with Gasteiger partial charge in [0.25, 0.3) is 0 Å². The predicted molar refractivity (Wildman–Crippen MR) is 62.5 cm³/mol. The standard InChI is InChI=1S/C10H23NO2S/c1-3-4-9(11)10(6-13)14-7-8(2)5-12/h8-10,12-13H,3-7,11H2,1-2H3. The Bertz CT molecular complexity index is 135. The van der Waals surface area contributed by atoms with Crippen molar-refractivity contribution in [3.63, 3.8) is 0 Å². The number of aliphatic hydroxyl groups excluding tert-OH is 2. The maximum absolute atomic E-state index is 9.15. The van der Waals surface area contributed by atoms with Gasteiger partial charge in [0.1, 0.15) is 0 Å². The first-order valence-corrected chi connectivity index (χ1v) is 6.29. The summed E-state index contributed by atoms with van der Waals surface area (Å²) in [7, 11) is 0. The van der Waals surface area contributed by atoms with Crippen molar-refractivity contribution in [1.82, 2.24) is 0 Å². The van der Waals surface area contributed by atoms with Crippen LogP contribution in [-0.4, -0.2) is 40.5 Å². The van der Waals surface area contributed by atoms with Gasteiger partial charge in [0.2, 0.25) is 0 Å². The molecule has 0 radical (unpaired) electrons. The average molecular weight is 221 g/mol. The van der Waals surface area contributed by atoms with E-state index in [1.54, 1.807) is 11.8 Å². The van der Waals surface area contributed by atoms with Gasteiger partial charge in [-0.05, 0) is 18.1 Å². The van der Waals surface area contributed by atoms with E-state index >= 15 is 0 Å². The minimum atomic E-state index is 0.0703. The smallest absolute Gasteiger partial charge is 0.0565 e. The number of hydrogen-bond donors (Lipinski definition) is 3. The van der Waals surface area contributed by atoms with Crippen LogP contribution in [0.5, 0.6) is 0 Å². The summed E-state index contributed by atoms with van der Waals surface area (Å²) in [5.41, 5.74) is 5.92. The molecule has 14 heavy (non-hydrogen) atoms. The molecule has 86 valence electrons. The maximum Gasteiger partial charge on any atom is 0.0565 e. The third-order valence-electron chi connectivity index (χ3n) is 2.19. The number of nitrogens with two attached hydrogens (primary N) is 1. The van der Waals surface area contributed by atoms with E-state index in [1.807, 2.05) is 6.92 Å². The van der Waals surface area contributed by atoms with Gasteiger partial charge in [-0.1, -0.05) is 20.3 Å². The molecule has 0 aliphatic heterocycles. The summed E-state index contributed by atoms with van der Waals surface area (Å²) < 4.78 is 0. The lowest BCUT2D eigenvalue weighted by atomic mass is 10.1. The molecule has 0 saturated heterocycles. The van der Waals surface area contributed by atoms with Crippen LogP contribution in [0.4, 0.5) is 0 Å². The molecular weight excluding hydrogens is 198 g/mol. The van der Waals surface area contributed by atoms with E-state index in [1.165, 1.54) is 0 Å². The Kier molecular flexibility index (Phi) is 8.67. The monoisotopic (exact) mass is 221 g/mol. The van der Waals surface area contributed by atoms with E-state index in [0.717, 1.165) is 18.6 Å². The molecule has 0 bridgehead atoms. The average Bonchev–Trinajstić information content (AvgIpc) is 2.18. The Morgan fingerprint density at radius 1 is 1.29 bits per heavy atom. The molecule has 0 spiro atoms. The third kappa shape index (κ3) is 5.86. The fraction of sp³-hybridized carbons (Fsp3) is 1.00. The summed E-state index contributed by atoms with van der Waals surface area (Å²) in [5, 5.41) is 18.1. The van der Waals surface area contributed by atoms with Crippen molar-refractivity contribution in [2.24, 2.45) is 11.7 Å². The highest BCUT2D eigenvalue weighted by atomic mass is 32.2. The molecule has 0 saturated carbocycles. The summed E-state index contributed by atoms with van der Waals surface area (Å²) in [4.78, 5) is 0. The fourth-order valence-corrected chi connectivity index (χ4v) is 2.34. The van der Waals surface area contributed by atoms with E-state index in [9.17, 15) is 0 Å². The first-order valence-electron chi connectivity index (χ1n) is 5.24. The Morgan fingerprint density at radius 2 is 1.93 bits per heavy atom. The lowest BCUT2D eigenvalue weighted by molar-refractivity contribution is 0.249. The summed E-state index contributed by atoms with van der Waals surface area (Å²) in [5.74, 6) is 1.14. The lowest BCUT2D eigenvalue weighted by Gasteiger charge is -2.22. The summed E-state index contributed by atoms with van der Waals surface area (Å²) >= 11 is 1.67. The summed E-state index contributed by atoms with van der Waals surface area (Å²) in [6, 6.07) is 0.0703. The number of aliphatic hydroxyl groups is 2. The second kappa shape index (κ2) is 8.53. The molecule has 4 N–H and O–H groups in total. The molecule has 3 atom stereocenters. The van der Waals surface area contributed by atoms with Crippen LogP contribution in [0.1, 0.15) is 26.7 Å². The number of rotatable bonds is 8. The topological polar surface area (TPSA) is 66.5 Å². The van der Waals surface area contributed by atoms with Gasteiger partial charge in [0, 0.05) is 17.9 Å².